The summed E-state index contributed by atoms with van der Waals surface area (Å²) in [5.74, 6) is 0.357. The van der Waals surface area contributed by atoms with E-state index in [2.05, 4.69) is 20.8 Å². The average Bonchev–Trinajstić information content (AvgIpc) is 3.15. The van der Waals surface area contributed by atoms with Crippen molar-refractivity contribution >= 4 is 75.7 Å². The number of anilines is 1. The highest BCUT2D eigenvalue weighted by molar-refractivity contribution is 7.99. The van der Waals surface area contributed by atoms with Crippen molar-refractivity contribution in [3.8, 4) is 0 Å². The Labute approximate surface area is 215 Å². The molecular weight excluding hydrogens is 528 g/mol. The Morgan fingerprint density at radius 2 is 1.73 bits per heavy atom. The van der Waals surface area contributed by atoms with Gasteiger partial charge in [0.05, 0.1) is 15.8 Å². The topological polar surface area (TPSA) is 88.9 Å². The number of thioether (sulfide) groups is 1. The van der Waals surface area contributed by atoms with Gasteiger partial charge in [0.15, 0.2) is 5.16 Å². The molecule has 7 nitrogen and oxygen atoms in total. The molecule has 0 saturated carbocycles. The molecule has 0 fully saturated rings. The second-order valence-electron chi connectivity index (χ2n) is 6.77. The summed E-state index contributed by atoms with van der Waals surface area (Å²) in [6, 6.07) is 9.53. The fourth-order valence-electron chi connectivity index (χ4n) is 2.91. The second kappa shape index (κ2) is 11.9. The first-order valence-corrected chi connectivity index (χ1v) is 12.3. The highest BCUT2D eigenvalue weighted by Crippen LogP contribution is 2.24. The largest absolute Gasteiger partial charge is 0.352 e. The Bertz CT molecular complexity index is 1150. The molecular formula is C21H19Cl4N5O2S. The van der Waals surface area contributed by atoms with Gasteiger partial charge in [0.1, 0.15) is 5.82 Å². The third-order valence-corrected chi connectivity index (χ3v) is 6.55. The molecule has 12 heteroatoms. The van der Waals surface area contributed by atoms with Crippen LogP contribution >= 0.6 is 58.2 Å². The molecule has 0 aliphatic carbocycles. The summed E-state index contributed by atoms with van der Waals surface area (Å²) in [4.78, 5) is 24.6. The minimum atomic E-state index is -0.261. The van der Waals surface area contributed by atoms with E-state index in [-0.39, 0.29) is 17.6 Å². The summed E-state index contributed by atoms with van der Waals surface area (Å²) < 4.78 is 1.90. The van der Waals surface area contributed by atoms with Crippen molar-refractivity contribution in [3.63, 3.8) is 0 Å². The first-order chi connectivity index (χ1) is 15.8. The van der Waals surface area contributed by atoms with E-state index in [0.717, 1.165) is 0 Å². The lowest BCUT2D eigenvalue weighted by Gasteiger charge is -2.09. The minimum absolute atomic E-state index is 0.135. The van der Waals surface area contributed by atoms with Crippen molar-refractivity contribution in [3.05, 3.63) is 67.9 Å². The summed E-state index contributed by atoms with van der Waals surface area (Å²) in [6.07, 6.45) is 0.474. The number of amides is 2. The van der Waals surface area contributed by atoms with Crippen LogP contribution in [-0.2, 0) is 17.8 Å². The molecule has 0 unspecified atom stereocenters. The summed E-state index contributed by atoms with van der Waals surface area (Å²) >= 11 is 25.0. The number of carbonyl (C=O) groups is 2. The zero-order valence-corrected chi connectivity index (χ0v) is 21.2. The quantitative estimate of drug-likeness (QED) is 0.340. The van der Waals surface area contributed by atoms with E-state index >= 15 is 0 Å². The lowest BCUT2D eigenvalue weighted by Crippen LogP contribution is -2.26. The highest BCUT2D eigenvalue weighted by atomic mass is 35.5. The third kappa shape index (κ3) is 7.25. The van der Waals surface area contributed by atoms with Gasteiger partial charge in [0.2, 0.25) is 5.91 Å². The van der Waals surface area contributed by atoms with Gasteiger partial charge < -0.3 is 15.2 Å². The number of rotatable bonds is 9. The van der Waals surface area contributed by atoms with Gasteiger partial charge in [0, 0.05) is 40.8 Å². The number of nitrogens with one attached hydrogen (secondary N) is 2. The molecule has 33 heavy (non-hydrogen) atoms. The summed E-state index contributed by atoms with van der Waals surface area (Å²) in [5, 5.41) is 16.2. The van der Waals surface area contributed by atoms with Crippen molar-refractivity contribution < 1.29 is 9.59 Å². The van der Waals surface area contributed by atoms with Crippen LogP contribution in [0.25, 0.3) is 0 Å². The van der Waals surface area contributed by atoms with Crippen LogP contribution in [0.3, 0.4) is 0 Å². The number of hydrogen-bond donors (Lipinski definition) is 2. The molecule has 1 aromatic heterocycles. The average molecular weight is 547 g/mol. The molecule has 0 aliphatic heterocycles. The van der Waals surface area contributed by atoms with E-state index < -0.39 is 0 Å². The first kappa shape index (κ1) is 25.6. The first-order valence-electron chi connectivity index (χ1n) is 9.81. The van der Waals surface area contributed by atoms with E-state index in [0.29, 0.717) is 61.8 Å². The van der Waals surface area contributed by atoms with Gasteiger partial charge in [-0.3, -0.25) is 9.59 Å². The SMILES string of the molecule is CCn1c(CCNC(=O)c2ccc(Cl)c(Cl)c2)nnc1SCC(=O)Nc1cc(Cl)cc(Cl)c1. The van der Waals surface area contributed by atoms with Gasteiger partial charge in [-0.1, -0.05) is 58.2 Å². The molecule has 2 aromatic carbocycles. The Morgan fingerprint density at radius 3 is 2.39 bits per heavy atom. The molecule has 3 aromatic rings. The number of aromatic nitrogens is 3. The van der Waals surface area contributed by atoms with Crippen molar-refractivity contribution in [2.24, 2.45) is 0 Å². The Hall–Kier alpha value is -1.97. The molecule has 0 aliphatic rings. The lowest BCUT2D eigenvalue weighted by molar-refractivity contribution is -0.113. The maximum atomic E-state index is 12.3. The summed E-state index contributed by atoms with van der Waals surface area (Å²) in [7, 11) is 0. The van der Waals surface area contributed by atoms with Crippen LogP contribution in [-0.4, -0.2) is 38.9 Å². The molecule has 0 atom stereocenters. The maximum Gasteiger partial charge on any atom is 0.251 e. The molecule has 2 amide bonds. The van der Waals surface area contributed by atoms with Crippen molar-refractivity contribution in [2.75, 3.05) is 17.6 Å². The Kier molecular flexibility index (Phi) is 9.28. The van der Waals surface area contributed by atoms with Crippen LogP contribution in [0.1, 0.15) is 23.1 Å². The normalized spacial score (nSPS) is 10.8. The monoisotopic (exact) mass is 545 g/mol. The van der Waals surface area contributed by atoms with Crippen LogP contribution in [0.15, 0.2) is 41.6 Å². The number of hydrogen-bond acceptors (Lipinski definition) is 5. The standard InChI is InChI=1S/C21H19Cl4N5O2S/c1-2-30-18(5-6-26-20(32)12-3-4-16(24)17(25)7-12)28-29-21(30)33-11-19(31)27-15-9-13(22)8-14(23)10-15/h3-4,7-10H,2,5-6,11H2,1H3,(H,26,32)(H,27,31). The van der Waals surface area contributed by atoms with Gasteiger partial charge in [-0.15, -0.1) is 10.2 Å². The van der Waals surface area contributed by atoms with Crippen LogP contribution in [0.4, 0.5) is 5.69 Å². The van der Waals surface area contributed by atoms with Crippen LogP contribution in [0, 0.1) is 0 Å². The highest BCUT2D eigenvalue weighted by Gasteiger charge is 2.14. The molecule has 2 N–H and O–H groups in total. The van der Waals surface area contributed by atoms with E-state index in [9.17, 15) is 9.59 Å². The predicted octanol–water partition coefficient (Wildman–Crippen LogP) is 5.61. The maximum absolute atomic E-state index is 12.3. The van der Waals surface area contributed by atoms with Crippen LogP contribution in [0.2, 0.25) is 20.1 Å². The minimum Gasteiger partial charge on any atom is -0.352 e. The Morgan fingerprint density at radius 1 is 1.00 bits per heavy atom. The number of carbonyl (C=O) groups excluding carboxylic acids is 2. The van der Waals surface area contributed by atoms with Crippen molar-refractivity contribution in [1.29, 1.82) is 0 Å². The van der Waals surface area contributed by atoms with Crippen molar-refractivity contribution in [1.82, 2.24) is 20.1 Å². The zero-order valence-electron chi connectivity index (χ0n) is 17.4. The molecule has 0 saturated heterocycles. The molecule has 0 bridgehead atoms. The third-order valence-electron chi connectivity index (χ3n) is 4.40. The fraction of sp³-hybridized carbons (Fsp3) is 0.238. The van der Waals surface area contributed by atoms with E-state index in [4.69, 9.17) is 46.4 Å². The van der Waals surface area contributed by atoms with E-state index in [1.165, 1.54) is 17.8 Å². The summed E-state index contributed by atoms with van der Waals surface area (Å²) in [5.41, 5.74) is 0.943. The number of nitrogens with zero attached hydrogens (tertiary/aromatic N) is 3. The van der Waals surface area contributed by atoms with Crippen molar-refractivity contribution in [2.45, 2.75) is 25.0 Å². The van der Waals surface area contributed by atoms with Gasteiger partial charge in [-0.05, 0) is 43.3 Å². The van der Waals surface area contributed by atoms with Gasteiger partial charge in [0.25, 0.3) is 5.91 Å². The van der Waals surface area contributed by atoms with Gasteiger partial charge in [-0.25, -0.2) is 0 Å². The molecule has 0 spiro atoms. The smallest absolute Gasteiger partial charge is 0.251 e. The van der Waals surface area contributed by atoms with E-state index in [1.807, 2.05) is 11.5 Å². The molecule has 0 radical (unpaired) electrons. The number of benzene rings is 2. The van der Waals surface area contributed by atoms with Crippen LogP contribution in [0.5, 0.6) is 0 Å². The van der Waals surface area contributed by atoms with E-state index in [1.54, 1.807) is 30.3 Å². The molecule has 3 rings (SSSR count). The van der Waals surface area contributed by atoms with Crippen LogP contribution < -0.4 is 10.6 Å². The fourth-order valence-corrected chi connectivity index (χ4v) is 4.55. The Balaban J connectivity index is 1.53. The zero-order chi connectivity index (χ0) is 24.0. The lowest BCUT2D eigenvalue weighted by atomic mass is 10.2. The predicted molar refractivity (Wildman–Crippen MR) is 134 cm³/mol. The molecule has 174 valence electrons. The summed E-state index contributed by atoms with van der Waals surface area (Å²) in [6.45, 7) is 2.94. The van der Waals surface area contributed by atoms with Gasteiger partial charge in [-0.2, -0.15) is 0 Å². The van der Waals surface area contributed by atoms with Gasteiger partial charge >= 0.3 is 0 Å². The molecule has 1 heterocycles. The number of halogens is 4. The second-order valence-corrected chi connectivity index (χ2v) is 9.40.